The predicted molar refractivity (Wildman–Crippen MR) is 129 cm³/mol. The number of nitriles is 1. The Hall–Kier alpha value is -4.38. The summed E-state index contributed by atoms with van der Waals surface area (Å²) < 4.78 is 11.8. The van der Waals surface area contributed by atoms with Gasteiger partial charge in [0.1, 0.15) is 23.9 Å². The number of amides is 1. The van der Waals surface area contributed by atoms with Crippen LogP contribution in [0.25, 0.3) is 0 Å². The number of rotatable bonds is 8. The summed E-state index contributed by atoms with van der Waals surface area (Å²) in [6.45, 7) is 0.0848. The summed E-state index contributed by atoms with van der Waals surface area (Å²) in [5, 5.41) is 23.1. The molecule has 4 rings (SSSR count). The van der Waals surface area contributed by atoms with E-state index < -0.39 is 4.92 Å². The van der Waals surface area contributed by atoms with Gasteiger partial charge in [0.05, 0.1) is 16.6 Å². The van der Waals surface area contributed by atoms with Crippen LogP contribution < -0.4 is 14.8 Å². The van der Waals surface area contributed by atoms with Crippen LogP contribution in [-0.2, 0) is 6.61 Å². The van der Waals surface area contributed by atoms with E-state index in [1.165, 1.54) is 12.1 Å². The van der Waals surface area contributed by atoms with E-state index in [0.717, 1.165) is 25.7 Å². The highest BCUT2D eigenvalue weighted by molar-refractivity contribution is 5.95. The zero-order chi connectivity index (χ0) is 24.6. The Morgan fingerprint density at radius 1 is 1.03 bits per heavy atom. The molecule has 0 aliphatic heterocycles. The summed E-state index contributed by atoms with van der Waals surface area (Å²) in [5.41, 5.74) is 1.51. The van der Waals surface area contributed by atoms with Crippen molar-refractivity contribution in [2.24, 2.45) is 0 Å². The normalized spacial score (nSPS) is 13.5. The largest absolute Gasteiger partial charge is 0.489 e. The fourth-order valence-corrected chi connectivity index (χ4v) is 3.84. The van der Waals surface area contributed by atoms with Gasteiger partial charge in [0.15, 0.2) is 0 Å². The molecule has 1 radical (unpaired) electrons. The molecule has 1 fully saturated rings. The maximum Gasteiger partial charge on any atom is 0.269 e. The Kier molecular flexibility index (Phi) is 7.58. The van der Waals surface area contributed by atoms with Crippen LogP contribution in [0.15, 0.2) is 66.7 Å². The number of ether oxygens (including phenoxy) is 2. The number of nitro groups is 1. The van der Waals surface area contributed by atoms with Crippen LogP contribution >= 0.6 is 0 Å². The summed E-state index contributed by atoms with van der Waals surface area (Å²) in [5.74, 6) is 1.08. The molecule has 1 aliphatic carbocycles. The Balaban J connectivity index is 1.55. The molecule has 3 aromatic rings. The Labute approximate surface area is 203 Å². The maximum atomic E-state index is 13.0. The molecule has 0 atom stereocenters. The molecule has 1 aliphatic rings. The second-order valence-electron chi connectivity index (χ2n) is 8.26. The van der Waals surface area contributed by atoms with Crippen molar-refractivity contribution in [3.05, 3.63) is 100.0 Å². The molecule has 0 spiro atoms. The van der Waals surface area contributed by atoms with Gasteiger partial charge < -0.3 is 14.8 Å². The van der Waals surface area contributed by atoms with E-state index in [0.29, 0.717) is 33.9 Å². The molecule has 1 amide bonds. The van der Waals surface area contributed by atoms with Gasteiger partial charge in [0, 0.05) is 29.8 Å². The highest BCUT2D eigenvalue weighted by Crippen LogP contribution is 2.29. The lowest BCUT2D eigenvalue weighted by Crippen LogP contribution is -2.36. The SMILES string of the molecule is N#Cc1ccc(Oc2cc(OCc3cccc([N+](=O)[O-])c3)cc(C(=O)NC3CC[CH]CC3)c2)cc1. The Bertz CT molecular complexity index is 1240. The highest BCUT2D eigenvalue weighted by Gasteiger charge is 2.18. The van der Waals surface area contributed by atoms with Crippen LogP contribution in [0.2, 0.25) is 0 Å². The van der Waals surface area contributed by atoms with Crippen molar-refractivity contribution in [1.29, 1.82) is 5.26 Å². The molecule has 0 saturated heterocycles. The first-order chi connectivity index (χ1) is 17.0. The molecule has 35 heavy (non-hydrogen) atoms. The van der Waals surface area contributed by atoms with Crippen LogP contribution in [0.1, 0.15) is 47.2 Å². The van der Waals surface area contributed by atoms with E-state index >= 15 is 0 Å². The number of carbonyl (C=O) groups is 1. The van der Waals surface area contributed by atoms with Gasteiger partial charge in [-0.3, -0.25) is 14.9 Å². The first-order valence-electron chi connectivity index (χ1n) is 11.3. The van der Waals surface area contributed by atoms with Gasteiger partial charge >= 0.3 is 0 Å². The molecule has 3 aromatic carbocycles. The number of carbonyl (C=O) groups excluding carboxylic acids is 1. The van der Waals surface area contributed by atoms with Gasteiger partial charge in [-0.1, -0.05) is 12.1 Å². The van der Waals surface area contributed by atoms with Crippen molar-refractivity contribution in [3.63, 3.8) is 0 Å². The smallest absolute Gasteiger partial charge is 0.269 e. The number of non-ortho nitro benzene ring substituents is 1. The van der Waals surface area contributed by atoms with Gasteiger partial charge in [0.2, 0.25) is 0 Å². The molecule has 0 aromatic heterocycles. The number of hydrogen-bond donors (Lipinski definition) is 1. The van der Waals surface area contributed by atoms with Gasteiger partial charge in [-0.25, -0.2) is 0 Å². The molecule has 0 heterocycles. The number of hydrogen-bond acceptors (Lipinski definition) is 6. The van der Waals surface area contributed by atoms with E-state index in [4.69, 9.17) is 14.7 Å². The van der Waals surface area contributed by atoms with E-state index in [9.17, 15) is 14.9 Å². The maximum absolute atomic E-state index is 13.0. The molecule has 8 nitrogen and oxygen atoms in total. The van der Waals surface area contributed by atoms with Crippen LogP contribution in [0.5, 0.6) is 17.2 Å². The first kappa shape index (κ1) is 23.8. The Morgan fingerprint density at radius 2 is 1.77 bits per heavy atom. The van der Waals surface area contributed by atoms with E-state index in [2.05, 4.69) is 17.8 Å². The minimum Gasteiger partial charge on any atom is -0.489 e. The molecular formula is C27H24N3O5. The van der Waals surface area contributed by atoms with E-state index in [1.807, 2.05) is 0 Å². The molecule has 1 saturated carbocycles. The van der Waals surface area contributed by atoms with Gasteiger partial charge in [-0.05, 0) is 74.1 Å². The molecule has 0 bridgehead atoms. The lowest BCUT2D eigenvalue weighted by Gasteiger charge is -2.23. The highest BCUT2D eigenvalue weighted by atomic mass is 16.6. The quantitative estimate of drug-likeness (QED) is 0.333. The average molecular weight is 471 g/mol. The molecule has 1 N–H and O–H groups in total. The lowest BCUT2D eigenvalue weighted by atomic mass is 9.95. The topological polar surface area (TPSA) is 114 Å². The number of nitrogens with one attached hydrogen (secondary N) is 1. The van der Waals surface area contributed by atoms with Gasteiger partial charge in [0.25, 0.3) is 11.6 Å². The summed E-state index contributed by atoms with van der Waals surface area (Å²) >= 11 is 0. The van der Waals surface area contributed by atoms with Gasteiger partial charge in [-0.2, -0.15) is 5.26 Å². The Morgan fingerprint density at radius 3 is 2.49 bits per heavy atom. The number of nitrogens with zero attached hydrogens (tertiary/aromatic N) is 2. The van der Waals surface area contributed by atoms with Gasteiger partial charge in [-0.15, -0.1) is 0 Å². The predicted octanol–water partition coefficient (Wildman–Crippen LogP) is 5.71. The van der Waals surface area contributed by atoms with E-state index in [-0.39, 0.29) is 24.2 Å². The van der Waals surface area contributed by atoms with Crippen molar-refractivity contribution >= 4 is 11.6 Å². The van der Waals surface area contributed by atoms with Crippen molar-refractivity contribution in [1.82, 2.24) is 5.32 Å². The van der Waals surface area contributed by atoms with Crippen molar-refractivity contribution < 1.29 is 19.2 Å². The zero-order valence-corrected chi connectivity index (χ0v) is 19.0. The second kappa shape index (κ2) is 11.2. The molecule has 0 unspecified atom stereocenters. The zero-order valence-electron chi connectivity index (χ0n) is 19.0. The summed E-state index contributed by atoms with van der Waals surface area (Å²) in [6.07, 6.45) is 6.00. The summed E-state index contributed by atoms with van der Waals surface area (Å²) in [4.78, 5) is 23.6. The monoisotopic (exact) mass is 470 g/mol. The summed E-state index contributed by atoms with van der Waals surface area (Å²) in [6, 6.07) is 19.9. The third kappa shape index (κ3) is 6.58. The van der Waals surface area contributed by atoms with E-state index in [1.54, 1.807) is 54.6 Å². The van der Waals surface area contributed by atoms with Crippen LogP contribution in [0.4, 0.5) is 5.69 Å². The minimum absolute atomic E-state index is 0.0196. The molecular weight excluding hydrogens is 446 g/mol. The summed E-state index contributed by atoms with van der Waals surface area (Å²) in [7, 11) is 0. The van der Waals surface area contributed by atoms with Crippen molar-refractivity contribution in [2.75, 3.05) is 0 Å². The molecule has 8 heteroatoms. The van der Waals surface area contributed by atoms with Crippen LogP contribution in [0.3, 0.4) is 0 Å². The fourth-order valence-electron chi connectivity index (χ4n) is 3.84. The standard InChI is InChI=1S/C27H24N3O5/c28-17-19-9-11-24(12-10-19)35-26-15-21(27(31)29-22-6-2-1-3-7-22)14-25(16-26)34-18-20-5-4-8-23(13-20)30(32)33/h1,4-5,8-16,22H,2-3,6-7,18H2,(H,29,31). The third-order valence-electron chi connectivity index (χ3n) is 5.66. The number of nitro benzene ring substituents is 1. The fraction of sp³-hybridized carbons (Fsp3) is 0.222. The first-order valence-corrected chi connectivity index (χ1v) is 11.3. The third-order valence-corrected chi connectivity index (χ3v) is 5.66. The lowest BCUT2D eigenvalue weighted by molar-refractivity contribution is -0.384. The molecule has 177 valence electrons. The minimum atomic E-state index is -0.457. The van der Waals surface area contributed by atoms with Crippen molar-refractivity contribution in [2.45, 2.75) is 38.3 Å². The van der Waals surface area contributed by atoms with Crippen LogP contribution in [-0.4, -0.2) is 16.9 Å². The average Bonchev–Trinajstić information content (AvgIpc) is 2.88. The van der Waals surface area contributed by atoms with Crippen molar-refractivity contribution in [3.8, 4) is 23.3 Å². The number of benzene rings is 3. The second-order valence-corrected chi connectivity index (χ2v) is 8.26. The van der Waals surface area contributed by atoms with Crippen LogP contribution in [0, 0.1) is 27.9 Å².